The van der Waals surface area contributed by atoms with Crippen molar-refractivity contribution in [2.45, 2.75) is 6.04 Å². The second-order valence-corrected chi connectivity index (χ2v) is 6.15. The molecule has 1 N–H and O–H groups in total. The number of thiazole rings is 1. The summed E-state index contributed by atoms with van der Waals surface area (Å²) in [4.78, 5) is 16.7. The van der Waals surface area contributed by atoms with Crippen molar-refractivity contribution in [2.24, 2.45) is 0 Å². The van der Waals surface area contributed by atoms with Crippen molar-refractivity contribution in [2.75, 3.05) is 6.54 Å². The van der Waals surface area contributed by atoms with Gasteiger partial charge in [-0.25, -0.2) is 4.98 Å². The second-order valence-electron chi connectivity index (χ2n) is 5.26. The maximum Gasteiger partial charge on any atom is 0.251 e. The minimum atomic E-state index is -0.189. The van der Waals surface area contributed by atoms with Crippen LogP contribution in [0.2, 0.25) is 0 Å². The van der Waals surface area contributed by atoms with Gasteiger partial charge in [-0.3, -0.25) is 9.48 Å². The van der Waals surface area contributed by atoms with Gasteiger partial charge in [0.25, 0.3) is 5.91 Å². The molecule has 0 aliphatic rings. The Morgan fingerprint density at radius 1 is 1.33 bits per heavy atom. The molecule has 0 bridgehead atoms. The lowest BCUT2D eigenvalue weighted by Gasteiger charge is -2.16. The summed E-state index contributed by atoms with van der Waals surface area (Å²) in [5.74, 6) is 0.617. The number of furan rings is 1. The number of rotatable bonds is 5. The molecule has 24 heavy (non-hydrogen) atoms. The number of benzene rings is 1. The summed E-state index contributed by atoms with van der Waals surface area (Å²) in [7, 11) is 0. The molecule has 7 heteroatoms. The number of nitrogens with one attached hydrogen (secondary N) is 1. The first kappa shape index (κ1) is 14.6. The molecule has 0 fully saturated rings. The minimum absolute atomic E-state index is 0.131. The van der Waals surface area contributed by atoms with E-state index in [9.17, 15) is 4.79 Å². The molecular formula is C17H14N4O2S. The van der Waals surface area contributed by atoms with Crippen molar-refractivity contribution < 1.29 is 9.21 Å². The first-order chi connectivity index (χ1) is 11.8. The third-order valence-electron chi connectivity index (χ3n) is 3.77. The van der Waals surface area contributed by atoms with E-state index in [1.165, 1.54) is 11.3 Å². The molecule has 4 aromatic rings. The standard InChI is InChI=1S/C17H14N4O2S/c22-17(12-4-5-13-16(9-12)24-11-19-13)18-10-14(15-3-1-8-23-15)21-7-2-6-20-21/h1-9,11,14H,10H2,(H,18,22)/t14-/m0/s1. The van der Waals surface area contributed by atoms with Gasteiger partial charge >= 0.3 is 0 Å². The van der Waals surface area contributed by atoms with Crippen molar-refractivity contribution in [1.29, 1.82) is 0 Å². The summed E-state index contributed by atoms with van der Waals surface area (Å²) in [5.41, 5.74) is 3.30. The number of nitrogens with zero attached hydrogens (tertiary/aromatic N) is 3. The Labute approximate surface area is 141 Å². The Kier molecular flexibility index (Phi) is 3.84. The van der Waals surface area contributed by atoms with Gasteiger partial charge in [0.1, 0.15) is 11.8 Å². The molecule has 120 valence electrons. The minimum Gasteiger partial charge on any atom is -0.467 e. The highest BCUT2D eigenvalue weighted by atomic mass is 32.1. The van der Waals surface area contributed by atoms with Gasteiger partial charge in [0.2, 0.25) is 0 Å². The molecule has 0 radical (unpaired) electrons. The molecule has 4 rings (SSSR count). The normalized spacial score (nSPS) is 12.3. The summed E-state index contributed by atoms with van der Waals surface area (Å²) in [6.07, 6.45) is 5.17. The molecule has 6 nitrogen and oxygen atoms in total. The van der Waals surface area contributed by atoms with Gasteiger partial charge < -0.3 is 9.73 Å². The van der Waals surface area contributed by atoms with Crippen LogP contribution in [0, 0.1) is 0 Å². The van der Waals surface area contributed by atoms with Crippen LogP contribution in [-0.2, 0) is 0 Å². The monoisotopic (exact) mass is 338 g/mol. The highest BCUT2D eigenvalue weighted by Gasteiger charge is 2.18. The van der Waals surface area contributed by atoms with Crippen LogP contribution in [0.25, 0.3) is 10.2 Å². The maximum absolute atomic E-state index is 12.5. The molecule has 3 aromatic heterocycles. The number of hydrogen-bond acceptors (Lipinski definition) is 5. The number of aromatic nitrogens is 3. The van der Waals surface area contributed by atoms with E-state index in [1.54, 1.807) is 28.7 Å². The van der Waals surface area contributed by atoms with Crippen LogP contribution in [0.5, 0.6) is 0 Å². The third kappa shape index (κ3) is 2.81. The molecule has 0 unspecified atom stereocenters. The van der Waals surface area contributed by atoms with Gasteiger partial charge in [-0.1, -0.05) is 0 Å². The van der Waals surface area contributed by atoms with Crippen molar-refractivity contribution in [3.63, 3.8) is 0 Å². The number of fused-ring (bicyclic) bond motifs is 1. The largest absolute Gasteiger partial charge is 0.467 e. The number of carbonyl (C=O) groups excluding carboxylic acids is 1. The molecule has 0 saturated carbocycles. The maximum atomic E-state index is 12.5. The summed E-state index contributed by atoms with van der Waals surface area (Å²) in [6.45, 7) is 0.384. The number of amides is 1. The fraction of sp³-hybridized carbons (Fsp3) is 0.118. The summed E-state index contributed by atoms with van der Waals surface area (Å²) in [6, 6.07) is 10.9. The van der Waals surface area contributed by atoms with E-state index in [4.69, 9.17) is 4.42 Å². The quantitative estimate of drug-likeness (QED) is 0.607. The zero-order chi connectivity index (χ0) is 16.4. The third-order valence-corrected chi connectivity index (χ3v) is 4.56. The molecule has 1 aromatic carbocycles. The van der Waals surface area contributed by atoms with E-state index in [-0.39, 0.29) is 11.9 Å². The number of hydrogen-bond donors (Lipinski definition) is 1. The molecule has 0 spiro atoms. The van der Waals surface area contributed by atoms with E-state index in [1.807, 2.05) is 36.5 Å². The van der Waals surface area contributed by atoms with Crippen LogP contribution in [0.3, 0.4) is 0 Å². The average molecular weight is 338 g/mol. The lowest BCUT2D eigenvalue weighted by molar-refractivity contribution is 0.0948. The molecule has 1 atom stereocenters. The topological polar surface area (TPSA) is 73.0 Å². The van der Waals surface area contributed by atoms with Crippen molar-refractivity contribution in [3.8, 4) is 0 Å². The van der Waals surface area contributed by atoms with Crippen LogP contribution in [-0.4, -0.2) is 27.2 Å². The van der Waals surface area contributed by atoms with Crippen LogP contribution in [0.4, 0.5) is 0 Å². The van der Waals surface area contributed by atoms with Gasteiger partial charge in [-0.2, -0.15) is 5.10 Å². The van der Waals surface area contributed by atoms with Gasteiger partial charge in [-0.15, -0.1) is 11.3 Å². The molecule has 0 aliphatic carbocycles. The van der Waals surface area contributed by atoms with Crippen LogP contribution in [0.1, 0.15) is 22.2 Å². The summed E-state index contributed by atoms with van der Waals surface area (Å²) in [5, 5.41) is 7.21. The van der Waals surface area contributed by atoms with Crippen LogP contribution in [0.15, 0.2) is 65.0 Å². The van der Waals surface area contributed by atoms with Crippen molar-refractivity contribution in [1.82, 2.24) is 20.1 Å². The molecule has 0 aliphatic heterocycles. The zero-order valence-corrected chi connectivity index (χ0v) is 13.4. The Morgan fingerprint density at radius 3 is 3.08 bits per heavy atom. The Hall–Kier alpha value is -2.93. The predicted molar refractivity (Wildman–Crippen MR) is 91.0 cm³/mol. The van der Waals surface area contributed by atoms with E-state index in [0.717, 1.165) is 16.0 Å². The highest BCUT2D eigenvalue weighted by Crippen LogP contribution is 2.20. The Morgan fingerprint density at radius 2 is 2.29 bits per heavy atom. The van der Waals surface area contributed by atoms with E-state index < -0.39 is 0 Å². The predicted octanol–water partition coefficient (Wildman–Crippen LogP) is 3.11. The lowest BCUT2D eigenvalue weighted by Crippen LogP contribution is -2.31. The summed E-state index contributed by atoms with van der Waals surface area (Å²) < 4.78 is 8.25. The fourth-order valence-electron chi connectivity index (χ4n) is 2.56. The lowest BCUT2D eigenvalue weighted by atomic mass is 10.2. The average Bonchev–Trinajstić information content (AvgIpc) is 3.36. The number of carbonyl (C=O) groups is 1. The van der Waals surface area contributed by atoms with Gasteiger partial charge in [0.05, 0.1) is 22.0 Å². The summed E-state index contributed by atoms with van der Waals surface area (Å²) >= 11 is 1.52. The Bertz CT molecular complexity index is 910. The van der Waals surface area contributed by atoms with Crippen molar-refractivity contribution >= 4 is 27.5 Å². The van der Waals surface area contributed by atoms with Crippen molar-refractivity contribution in [3.05, 3.63) is 71.9 Å². The molecule has 1 amide bonds. The molecule has 0 saturated heterocycles. The first-order valence-electron chi connectivity index (χ1n) is 7.45. The van der Waals surface area contributed by atoms with Crippen LogP contribution >= 0.6 is 11.3 Å². The van der Waals surface area contributed by atoms with Crippen LogP contribution < -0.4 is 5.32 Å². The molecule has 3 heterocycles. The van der Waals surface area contributed by atoms with Gasteiger partial charge in [-0.05, 0) is 36.4 Å². The SMILES string of the molecule is O=C(NC[C@@H](c1ccco1)n1cccn1)c1ccc2ncsc2c1. The van der Waals surface area contributed by atoms with Gasteiger partial charge in [0, 0.05) is 24.5 Å². The second kappa shape index (κ2) is 6.29. The van der Waals surface area contributed by atoms with E-state index in [2.05, 4.69) is 15.4 Å². The smallest absolute Gasteiger partial charge is 0.251 e. The van der Waals surface area contributed by atoms with Gasteiger partial charge in [0.15, 0.2) is 0 Å². The van der Waals surface area contributed by atoms with E-state index >= 15 is 0 Å². The highest BCUT2D eigenvalue weighted by molar-refractivity contribution is 7.16. The first-order valence-corrected chi connectivity index (χ1v) is 8.33. The fourth-order valence-corrected chi connectivity index (χ4v) is 3.27. The zero-order valence-electron chi connectivity index (χ0n) is 12.6. The Balaban J connectivity index is 1.52. The molecular weight excluding hydrogens is 324 g/mol. The van der Waals surface area contributed by atoms with E-state index in [0.29, 0.717) is 12.1 Å².